The normalized spacial score (nSPS) is 11.5. The molecule has 0 radical (unpaired) electrons. The number of rotatable bonds is 2. The molecule has 0 aliphatic carbocycles. The first-order valence-corrected chi connectivity index (χ1v) is 3.49. The lowest BCUT2D eigenvalue weighted by Gasteiger charge is -2.05. The molecule has 0 saturated carbocycles. The van der Waals surface area contributed by atoms with Gasteiger partial charge in [0.25, 0.3) is 0 Å². The van der Waals surface area contributed by atoms with Crippen molar-refractivity contribution in [3.63, 3.8) is 0 Å². The van der Waals surface area contributed by atoms with Crippen LogP contribution in [0.3, 0.4) is 0 Å². The Morgan fingerprint density at radius 1 is 1.73 bits per heavy atom. The molecule has 1 N–H and O–H groups in total. The molecular weight excluding hydrogens is 176 g/mol. The van der Waals surface area contributed by atoms with E-state index >= 15 is 0 Å². The second-order valence-electron chi connectivity index (χ2n) is 1.75. The summed E-state index contributed by atoms with van der Waals surface area (Å²) in [5, 5.41) is 9.04. The summed E-state index contributed by atoms with van der Waals surface area (Å²) >= 11 is 0.929. The minimum absolute atomic E-state index is 0.713. The topological polar surface area (TPSA) is 50.2 Å². The van der Waals surface area contributed by atoms with Gasteiger partial charge in [0.15, 0.2) is 0 Å². The summed E-state index contributed by atoms with van der Waals surface area (Å²) in [6.07, 6.45) is 0. The first kappa shape index (κ1) is 8.06. The summed E-state index contributed by atoms with van der Waals surface area (Å²) < 4.78 is 24.9. The second kappa shape index (κ2) is 2.54. The molecule has 1 aromatic rings. The number of alkyl halides is 2. The number of carboxylic acids is 1. The SMILES string of the molecule is O=C(O)C(F)(F)c1cscn1. The minimum atomic E-state index is -3.86. The van der Waals surface area contributed by atoms with Crippen LogP contribution in [-0.4, -0.2) is 16.1 Å². The van der Waals surface area contributed by atoms with Gasteiger partial charge in [-0.05, 0) is 0 Å². The smallest absolute Gasteiger partial charge is 0.385 e. The van der Waals surface area contributed by atoms with E-state index in [0.29, 0.717) is 0 Å². The van der Waals surface area contributed by atoms with Gasteiger partial charge in [-0.15, -0.1) is 11.3 Å². The molecule has 0 aliphatic heterocycles. The van der Waals surface area contributed by atoms with Gasteiger partial charge in [0.05, 0.1) is 5.51 Å². The van der Waals surface area contributed by atoms with E-state index in [-0.39, 0.29) is 0 Å². The monoisotopic (exact) mass is 179 g/mol. The average Bonchev–Trinajstić information content (AvgIpc) is 2.37. The lowest BCUT2D eigenvalue weighted by Crippen LogP contribution is -2.25. The van der Waals surface area contributed by atoms with E-state index in [1.807, 2.05) is 0 Å². The van der Waals surface area contributed by atoms with Crippen molar-refractivity contribution in [2.75, 3.05) is 0 Å². The van der Waals surface area contributed by atoms with Crippen LogP contribution in [-0.2, 0) is 10.7 Å². The van der Waals surface area contributed by atoms with Gasteiger partial charge < -0.3 is 5.11 Å². The van der Waals surface area contributed by atoms with Crippen LogP contribution in [0.2, 0.25) is 0 Å². The van der Waals surface area contributed by atoms with Crippen molar-refractivity contribution in [2.45, 2.75) is 5.92 Å². The van der Waals surface area contributed by atoms with Crippen LogP contribution in [0.4, 0.5) is 8.78 Å². The van der Waals surface area contributed by atoms with Gasteiger partial charge >= 0.3 is 11.9 Å². The first-order valence-electron chi connectivity index (χ1n) is 2.55. The van der Waals surface area contributed by atoms with Crippen molar-refractivity contribution in [2.24, 2.45) is 0 Å². The van der Waals surface area contributed by atoms with Gasteiger partial charge in [-0.25, -0.2) is 9.78 Å². The highest BCUT2D eigenvalue weighted by molar-refractivity contribution is 7.07. The lowest BCUT2D eigenvalue weighted by atomic mass is 10.3. The zero-order valence-electron chi connectivity index (χ0n) is 5.12. The summed E-state index contributed by atoms with van der Waals surface area (Å²) in [7, 11) is 0. The van der Waals surface area contributed by atoms with Crippen molar-refractivity contribution in [3.05, 3.63) is 16.6 Å². The number of carboxylic acid groups (broad SMARTS) is 1. The molecule has 0 saturated heterocycles. The van der Waals surface area contributed by atoms with E-state index in [1.165, 1.54) is 0 Å². The minimum Gasteiger partial charge on any atom is -0.476 e. The van der Waals surface area contributed by atoms with Crippen LogP contribution in [0.1, 0.15) is 5.69 Å². The van der Waals surface area contributed by atoms with Crippen LogP contribution in [0, 0.1) is 0 Å². The van der Waals surface area contributed by atoms with Gasteiger partial charge in [0.1, 0.15) is 5.69 Å². The number of aromatic nitrogens is 1. The Morgan fingerprint density at radius 3 is 2.73 bits per heavy atom. The number of thiazole rings is 1. The molecule has 60 valence electrons. The molecule has 0 amide bonds. The molecule has 0 aliphatic rings. The standard InChI is InChI=1S/C5H3F2NO2S/c6-5(7,4(9)10)3-1-11-2-8-3/h1-2H,(H,9,10). The van der Waals surface area contributed by atoms with E-state index < -0.39 is 17.6 Å². The summed E-state index contributed by atoms with van der Waals surface area (Å²) in [6.45, 7) is 0. The molecule has 0 unspecified atom stereocenters. The van der Waals surface area contributed by atoms with Crippen molar-refractivity contribution >= 4 is 17.3 Å². The van der Waals surface area contributed by atoms with E-state index in [4.69, 9.17) is 5.11 Å². The van der Waals surface area contributed by atoms with Crippen molar-refractivity contribution < 1.29 is 18.7 Å². The average molecular weight is 179 g/mol. The van der Waals surface area contributed by atoms with Gasteiger partial charge in [-0.3, -0.25) is 0 Å². The largest absolute Gasteiger partial charge is 0.476 e. The molecule has 0 bridgehead atoms. The van der Waals surface area contributed by atoms with Crippen LogP contribution < -0.4 is 0 Å². The molecule has 6 heteroatoms. The Morgan fingerprint density at radius 2 is 2.36 bits per heavy atom. The van der Waals surface area contributed by atoms with Gasteiger partial charge in [0.2, 0.25) is 0 Å². The highest BCUT2D eigenvalue weighted by atomic mass is 32.1. The van der Waals surface area contributed by atoms with Crippen molar-refractivity contribution in [1.29, 1.82) is 0 Å². The van der Waals surface area contributed by atoms with E-state index in [2.05, 4.69) is 4.98 Å². The summed E-state index contributed by atoms with van der Waals surface area (Å²) in [5.74, 6) is -6.04. The zero-order valence-corrected chi connectivity index (χ0v) is 5.94. The Hall–Kier alpha value is -1.04. The summed E-state index contributed by atoms with van der Waals surface area (Å²) in [4.78, 5) is 13.1. The number of aliphatic carboxylic acids is 1. The number of hydrogen-bond acceptors (Lipinski definition) is 3. The number of carbonyl (C=O) groups is 1. The number of nitrogens with zero attached hydrogens (tertiary/aromatic N) is 1. The molecular formula is C5H3F2NO2S. The maximum atomic E-state index is 12.5. The van der Waals surface area contributed by atoms with Crippen LogP contribution in [0.15, 0.2) is 10.9 Å². The first-order chi connectivity index (χ1) is 5.05. The molecule has 1 heterocycles. The third kappa shape index (κ3) is 1.35. The molecule has 0 aromatic carbocycles. The van der Waals surface area contributed by atoms with Crippen LogP contribution >= 0.6 is 11.3 Å². The second-order valence-corrected chi connectivity index (χ2v) is 2.47. The van der Waals surface area contributed by atoms with Crippen molar-refractivity contribution in [3.8, 4) is 0 Å². The number of halogens is 2. The fourth-order valence-corrected chi connectivity index (χ4v) is 1.05. The molecule has 0 spiro atoms. The Balaban J connectivity index is 3.00. The van der Waals surface area contributed by atoms with E-state index in [1.54, 1.807) is 0 Å². The van der Waals surface area contributed by atoms with E-state index in [0.717, 1.165) is 22.2 Å². The highest BCUT2D eigenvalue weighted by Crippen LogP contribution is 2.27. The predicted molar refractivity (Wildman–Crippen MR) is 33.6 cm³/mol. The molecule has 1 aromatic heterocycles. The molecule has 11 heavy (non-hydrogen) atoms. The maximum Gasteiger partial charge on any atom is 0.385 e. The molecule has 3 nitrogen and oxygen atoms in total. The molecule has 0 fully saturated rings. The summed E-state index contributed by atoms with van der Waals surface area (Å²) in [6, 6.07) is 0. The Bertz CT molecular complexity index is 259. The highest BCUT2D eigenvalue weighted by Gasteiger charge is 2.42. The van der Waals surface area contributed by atoms with Gasteiger partial charge in [-0.1, -0.05) is 0 Å². The van der Waals surface area contributed by atoms with Crippen molar-refractivity contribution in [1.82, 2.24) is 4.98 Å². The Labute approximate surface area is 64.3 Å². The van der Waals surface area contributed by atoms with E-state index in [9.17, 15) is 13.6 Å². The number of hydrogen-bond donors (Lipinski definition) is 1. The lowest BCUT2D eigenvalue weighted by molar-refractivity contribution is -0.166. The maximum absolute atomic E-state index is 12.5. The Kier molecular flexibility index (Phi) is 1.86. The van der Waals surface area contributed by atoms with Gasteiger partial charge in [-0.2, -0.15) is 8.78 Å². The molecule has 1 rings (SSSR count). The van der Waals surface area contributed by atoms with Crippen LogP contribution in [0.5, 0.6) is 0 Å². The quantitative estimate of drug-likeness (QED) is 0.744. The molecule has 0 atom stereocenters. The fourth-order valence-electron chi connectivity index (χ4n) is 0.477. The van der Waals surface area contributed by atoms with Gasteiger partial charge in [0, 0.05) is 5.38 Å². The third-order valence-corrected chi connectivity index (χ3v) is 1.61. The predicted octanol–water partition coefficient (Wildman–Crippen LogP) is 1.32. The van der Waals surface area contributed by atoms with Crippen LogP contribution in [0.25, 0.3) is 0 Å². The third-order valence-electron chi connectivity index (χ3n) is 1.02. The fraction of sp³-hybridized carbons (Fsp3) is 0.200. The summed E-state index contributed by atoms with van der Waals surface area (Å²) in [5.41, 5.74) is 0.446. The zero-order chi connectivity index (χ0) is 8.48.